The molecule has 1 amide bonds. The number of anilines is 1. The van der Waals surface area contributed by atoms with Crippen LogP contribution in [0.3, 0.4) is 0 Å². The molecule has 88 valence electrons. The normalized spacial score (nSPS) is 10.2. The minimum atomic E-state index is -0.0663. The standard InChI is InChI=1S/C12H9BrClNOS/c13-9-1-2-10(14)11(6-9)15-12(16)5-8-3-4-17-7-8/h1-4,6-7H,5H2,(H,15,16). The van der Waals surface area contributed by atoms with E-state index in [-0.39, 0.29) is 5.91 Å². The van der Waals surface area contributed by atoms with Crippen molar-refractivity contribution in [2.24, 2.45) is 0 Å². The van der Waals surface area contributed by atoms with E-state index in [0.29, 0.717) is 17.1 Å². The largest absolute Gasteiger partial charge is 0.324 e. The molecule has 2 nitrogen and oxygen atoms in total. The van der Waals surface area contributed by atoms with Crippen LogP contribution < -0.4 is 5.32 Å². The number of rotatable bonds is 3. The Bertz CT molecular complexity index is 527. The second-order valence-electron chi connectivity index (χ2n) is 3.48. The maximum Gasteiger partial charge on any atom is 0.228 e. The van der Waals surface area contributed by atoms with E-state index < -0.39 is 0 Å². The Balaban J connectivity index is 2.05. The van der Waals surface area contributed by atoms with Crippen molar-refractivity contribution >= 4 is 50.5 Å². The molecule has 1 aromatic heterocycles. The number of hydrogen-bond acceptors (Lipinski definition) is 2. The van der Waals surface area contributed by atoms with Crippen molar-refractivity contribution in [3.8, 4) is 0 Å². The molecule has 0 bridgehead atoms. The summed E-state index contributed by atoms with van der Waals surface area (Å²) in [5.41, 5.74) is 1.64. The number of nitrogens with one attached hydrogen (secondary N) is 1. The molecule has 0 atom stereocenters. The summed E-state index contributed by atoms with van der Waals surface area (Å²) in [6.45, 7) is 0. The van der Waals surface area contributed by atoms with Crippen LogP contribution in [0, 0.1) is 0 Å². The molecule has 0 aliphatic carbocycles. The Morgan fingerprint density at radius 1 is 1.41 bits per heavy atom. The molecule has 17 heavy (non-hydrogen) atoms. The smallest absolute Gasteiger partial charge is 0.228 e. The van der Waals surface area contributed by atoms with E-state index >= 15 is 0 Å². The highest BCUT2D eigenvalue weighted by Crippen LogP contribution is 2.25. The van der Waals surface area contributed by atoms with Gasteiger partial charge in [-0.05, 0) is 40.6 Å². The maximum atomic E-state index is 11.8. The first-order valence-electron chi connectivity index (χ1n) is 4.91. The fourth-order valence-corrected chi connectivity index (χ4v) is 2.56. The van der Waals surface area contributed by atoms with Gasteiger partial charge in [-0.2, -0.15) is 11.3 Å². The van der Waals surface area contributed by atoms with E-state index in [1.54, 1.807) is 23.5 Å². The minimum Gasteiger partial charge on any atom is -0.324 e. The van der Waals surface area contributed by atoms with Crippen molar-refractivity contribution in [1.82, 2.24) is 0 Å². The van der Waals surface area contributed by atoms with Gasteiger partial charge >= 0.3 is 0 Å². The number of hydrogen-bond donors (Lipinski definition) is 1. The molecule has 0 radical (unpaired) electrons. The van der Waals surface area contributed by atoms with E-state index in [1.165, 1.54) is 0 Å². The molecule has 5 heteroatoms. The Hall–Kier alpha value is -0.840. The molecule has 1 N–H and O–H groups in total. The highest BCUT2D eigenvalue weighted by atomic mass is 79.9. The van der Waals surface area contributed by atoms with E-state index in [2.05, 4.69) is 21.2 Å². The molecular weight excluding hydrogens is 322 g/mol. The first-order valence-corrected chi connectivity index (χ1v) is 7.02. The SMILES string of the molecule is O=C(Cc1ccsc1)Nc1cc(Br)ccc1Cl. The van der Waals surface area contributed by atoms with E-state index in [1.807, 2.05) is 22.9 Å². The Morgan fingerprint density at radius 3 is 2.94 bits per heavy atom. The van der Waals surface area contributed by atoms with Crippen LogP contribution in [0.4, 0.5) is 5.69 Å². The van der Waals surface area contributed by atoms with Crippen LogP contribution >= 0.6 is 38.9 Å². The summed E-state index contributed by atoms with van der Waals surface area (Å²) in [5.74, 6) is -0.0663. The predicted molar refractivity (Wildman–Crippen MR) is 75.8 cm³/mol. The van der Waals surface area contributed by atoms with Crippen molar-refractivity contribution in [2.75, 3.05) is 5.32 Å². The van der Waals surface area contributed by atoms with Gasteiger partial charge in [-0.1, -0.05) is 27.5 Å². The molecule has 0 aliphatic heterocycles. The van der Waals surface area contributed by atoms with Crippen molar-refractivity contribution < 1.29 is 4.79 Å². The van der Waals surface area contributed by atoms with Crippen LogP contribution in [0.1, 0.15) is 5.56 Å². The number of carbonyl (C=O) groups excluding carboxylic acids is 1. The van der Waals surface area contributed by atoms with Crippen LogP contribution in [0.15, 0.2) is 39.5 Å². The summed E-state index contributed by atoms with van der Waals surface area (Å²) < 4.78 is 0.882. The lowest BCUT2D eigenvalue weighted by Crippen LogP contribution is -2.14. The van der Waals surface area contributed by atoms with Crippen molar-refractivity contribution in [3.05, 3.63) is 50.1 Å². The van der Waals surface area contributed by atoms with Gasteiger partial charge in [0.15, 0.2) is 0 Å². The molecule has 0 aliphatic rings. The highest BCUT2D eigenvalue weighted by Gasteiger charge is 2.07. The lowest BCUT2D eigenvalue weighted by Gasteiger charge is -2.07. The second kappa shape index (κ2) is 5.67. The van der Waals surface area contributed by atoms with Gasteiger partial charge in [-0.3, -0.25) is 4.79 Å². The fourth-order valence-electron chi connectivity index (χ4n) is 1.37. The highest BCUT2D eigenvalue weighted by molar-refractivity contribution is 9.10. The van der Waals surface area contributed by atoms with Crippen LogP contribution in [-0.2, 0) is 11.2 Å². The van der Waals surface area contributed by atoms with Crippen LogP contribution in [0.2, 0.25) is 5.02 Å². The number of benzene rings is 1. The summed E-state index contributed by atoms with van der Waals surface area (Å²) in [4.78, 5) is 11.8. The number of amides is 1. The first-order chi connectivity index (χ1) is 8.15. The van der Waals surface area contributed by atoms with Crippen LogP contribution in [-0.4, -0.2) is 5.91 Å². The molecule has 0 unspecified atom stereocenters. The average molecular weight is 331 g/mol. The summed E-state index contributed by atoms with van der Waals surface area (Å²) in [6.07, 6.45) is 0.367. The molecular formula is C12H9BrClNOS. The third kappa shape index (κ3) is 3.56. The number of thiophene rings is 1. The van der Waals surface area contributed by atoms with Gasteiger partial charge in [0.25, 0.3) is 0 Å². The molecule has 2 rings (SSSR count). The molecule has 0 saturated heterocycles. The molecule has 0 fully saturated rings. The third-order valence-corrected chi connectivity index (χ3v) is 3.70. The van der Waals surface area contributed by atoms with Crippen LogP contribution in [0.5, 0.6) is 0 Å². The quantitative estimate of drug-likeness (QED) is 0.891. The van der Waals surface area contributed by atoms with Crippen molar-refractivity contribution in [2.45, 2.75) is 6.42 Å². The Labute approximate surface area is 117 Å². The zero-order chi connectivity index (χ0) is 12.3. The zero-order valence-electron chi connectivity index (χ0n) is 8.74. The van der Waals surface area contributed by atoms with Gasteiger partial charge in [0.1, 0.15) is 0 Å². The van der Waals surface area contributed by atoms with Crippen LogP contribution in [0.25, 0.3) is 0 Å². The Kier molecular flexibility index (Phi) is 4.20. The van der Waals surface area contributed by atoms with Crippen molar-refractivity contribution in [1.29, 1.82) is 0 Å². The molecule has 1 aromatic carbocycles. The summed E-state index contributed by atoms with van der Waals surface area (Å²) in [7, 11) is 0. The van der Waals surface area contributed by atoms with Gasteiger partial charge in [0, 0.05) is 4.47 Å². The van der Waals surface area contributed by atoms with Gasteiger partial charge in [0.05, 0.1) is 17.1 Å². The number of halogens is 2. The van der Waals surface area contributed by atoms with E-state index in [0.717, 1.165) is 10.0 Å². The molecule has 0 saturated carbocycles. The monoisotopic (exact) mass is 329 g/mol. The van der Waals surface area contributed by atoms with Gasteiger partial charge < -0.3 is 5.32 Å². The fraction of sp³-hybridized carbons (Fsp3) is 0.0833. The first kappa shape index (κ1) is 12.6. The summed E-state index contributed by atoms with van der Waals surface area (Å²) in [6, 6.07) is 7.29. The van der Waals surface area contributed by atoms with E-state index in [9.17, 15) is 4.79 Å². The minimum absolute atomic E-state index is 0.0663. The lowest BCUT2D eigenvalue weighted by molar-refractivity contribution is -0.115. The maximum absolute atomic E-state index is 11.8. The molecule has 0 spiro atoms. The third-order valence-electron chi connectivity index (χ3n) is 2.15. The zero-order valence-corrected chi connectivity index (χ0v) is 11.9. The van der Waals surface area contributed by atoms with Crippen molar-refractivity contribution in [3.63, 3.8) is 0 Å². The average Bonchev–Trinajstić information content (AvgIpc) is 2.76. The summed E-state index contributed by atoms with van der Waals surface area (Å²) >= 11 is 10.9. The van der Waals surface area contributed by atoms with Gasteiger partial charge in [0.2, 0.25) is 5.91 Å². The lowest BCUT2D eigenvalue weighted by atomic mass is 10.2. The Morgan fingerprint density at radius 2 is 2.24 bits per heavy atom. The molecule has 1 heterocycles. The number of carbonyl (C=O) groups is 1. The second-order valence-corrected chi connectivity index (χ2v) is 5.58. The van der Waals surface area contributed by atoms with Gasteiger partial charge in [-0.15, -0.1) is 0 Å². The molecule has 2 aromatic rings. The van der Waals surface area contributed by atoms with Gasteiger partial charge in [-0.25, -0.2) is 0 Å². The summed E-state index contributed by atoms with van der Waals surface area (Å²) in [5, 5.41) is 7.24. The predicted octanol–water partition coefficient (Wildman–Crippen LogP) is 4.35. The van der Waals surface area contributed by atoms with E-state index in [4.69, 9.17) is 11.6 Å². The topological polar surface area (TPSA) is 29.1 Å².